The van der Waals surface area contributed by atoms with Crippen molar-refractivity contribution in [3.63, 3.8) is 0 Å². The zero-order valence-electron chi connectivity index (χ0n) is 9.11. The Morgan fingerprint density at radius 2 is 1.93 bits per heavy atom. The van der Waals surface area contributed by atoms with E-state index < -0.39 is 0 Å². The normalized spacial score (nSPS) is 48.6. The van der Waals surface area contributed by atoms with Crippen molar-refractivity contribution in [3.05, 3.63) is 0 Å². The quantitative estimate of drug-likeness (QED) is 0.588. The van der Waals surface area contributed by atoms with Crippen molar-refractivity contribution in [2.24, 2.45) is 5.92 Å². The van der Waals surface area contributed by atoms with Gasteiger partial charge >= 0.3 is 0 Å². The van der Waals surface area contributed by atoms with Crippen molar-refractivity contribution in [3.8, 4) is 0 Å². The molecule has 2 heteroatoms. The minimum Gasteiger partial charge on any atom is -0.362 e. The Bertz CT molecular complexity index is 216. The Kier molecular flexibility index (Phi) is 2.29. The molecule has 1 saturated carbocycles. The SMILES string of the molecule is C[C@H]1CCC[C@H]2[C@@H]3CCC[C@@H]3OCN12. The van der Waals surface area contributed by atoms with E-state index in [0.29, 0.717) is 6.10 Å². The average Bonchev–Trinajstić information content (AvgIpc) is 2.66. The second-order valence-corrected chi connectivity index (χ2v) is 5.29. The predicted molar refractivity (Wildman–Crippen MR) is 56.0 cm³/mol. The maximum absolute atomic E-state index is 5.97. The summed E-state index contributed by atoms with van der Waals surface area (Å²) < 4.78 is 5.97. The van der Waals surface area contributed by atoms with Gasteiger partial charge in [-0.3, -0.25) is 4.90 Å². The average molecular weight is 195 g/mol. The number of hydrogen-bond donors (Lipinski definition) is 0. The predicted octanol–water partition coefficient (Wildman–Crippen LogP) is 2.39. The molecule has 0 unspecified atom stereocenters. The minimum absolute atomic E-state index is 0.613. The molecule has 3 rings (SSSR count). The number of ether oxygens (including phenoxy) is 1. The van der Waals surface area contributed by atoms with E-state index in [1.165, 1.54) is 38.5 Å². The highest BCUT2D eigenvalue weighted by molar-refractivity contribution is 4.95. The van der Waals surface area contributed by atoms with Crippen LogP contribution in [0.2, 0.25) is 0 Å². The van der Waals surface area contributed by atoms with Crippen LogP contribution in [-0.2, 0) is 4.74 Å². The van der Waals surface area contributed by atoms with Gasteiger partial charge in [-0.05, 0) is 32.6 Å². The summed E-state index contributed by atoms with van der Waals surface area (Å²) in [6.45, 7) is 3.28. The summed E-state index contributed by atoms with van der Waals surface area (Å²) in [7, 11) is 0. The highest BCUT2D eigenvalue weighted by atomic mass is 16.5. The molecule has 2 saturated heterocycles. The number of hydrogen-bond acceptors (Lipinski definition) is 2. The fourth-order valence-electron chi connectivity index (χ4n) is 3.75. The molecular formula is C12H21NO. The molecular weight excluding hydrogens is 174 g/mol. The molecule has 0 amide bonds. The molecule has 0 aromatic rings. The molecule has 0 aromatic heterocycles. The lowest BCUT2D eigenvalue weighted by atomic mass is 9.85. The summed E-state index contributed by atoms with van der Waals surface area (Å²) in [4.78, 5) is 2.62. The van der Waals surface area contributed by atoms with Crippen LogP contribution in [0.1, 0.15) is 45.4 Å². The zero-order chi connectivity index (χ0) is 9.54. The van der Waals surface area contributed by atoms with Gasteiger partial charge in [-0.15, -0.1) is 0 Å². The molecule has 0 bridgehead atoms. The largest absolute Gasteiger partial charge is 0.362 e. The third kappa shape index (κ3) is 1.31. The summed E-state index contributed by atoms with van der Waals surface area (Å²) in [6.07, 6.45) is 8.98. The molecule has 3 aliphatic rings. The lowest BCUT2D eigenvalue weighted by molar-refractivity contribution is -0.148. The van der Waals surface area contributed by atoms with Crippen LogP contribution in [0.15, 0.2) is 0 Å². The third-order valence-electron chi connectivity index (χ3n) is 4.55. The first-order valence-corrected chi connectivity index (χ1v) is 6.23. The number of fused-ring (bicyclic) bond motifs is 3. The van der Waals surface area contributed by atoms with E-state index in [9.17, 15) is 0 Å². The maximum atomic E-state index is 5.97. The van der Waals surface area contributed by atoms with Crippen molar-refractivity contribution in [2.75, 3.05) is 6.73 Å². The van der Waals surface area contributed by atoms with Crippen LogP contribution in [0.3, 0.4) is 0 Å². The molecule has 80 valence electrons. The van der Waals surface area contributed by atoms with Gasteiger partial charge in [0.2, 0.25) is 0 Å². The topological polar surface area (TPSA) is 12.5 Å². The zero-order valence-corrected chi connectivity index (χ0v) is 9.11. The van der Waals surface area contributed by atoms with Gasteiger partial charge in [0.1, 0.15) is 0 Å². The number of piperidine rings is 1. The Balaban J connectivity index is 1.79. The molecule has 0 radical (unpaired) electrons. The van der Waals surface area contributed by atoms with Crippen LogP contribution in [0.4, 0.5) is 0 Å². The van der Waals surface area contributed by atoms with E-state index in [0.717, 1.165) is 24.7 Å². The van der Waals surface area contributed by atoms with Crippen molar-refractivity contribution in [1.82, 2.24) is 4.90 Å². The van der Waals surface area contributed by atoms with Gasteiger partial charge in [-0.2, -0.15) is 0 Å². The third-order valence-corrected chi connectivity index (χ3v) is 4.55. The van der Waals surface area contributed by atoms with E-state index in [1.54, 1.807) is 0 Å². The van der Waals surface area contributed by atoms with Gasteiger partial charge in [-0.25, -0.2) is 0 Å². The first-order valence-electron chi connectivity index (χ1n) is 6.23. The minimum atomic E-state index is 0.613. The fraction of sp³-hybridized carbons (Fsp3) is 1.00. The van der Waals surface area contributed by atoms with Crippen LogP contribution in [0.5, 0.6) is 0 Å². The monoisotopic (exact) mass is 195 g/mol. The van der Waals surface area contributed by atoms with E-state index in [1.807, 2.05) is 0 Å². The molecule has 3 fully saturated rings. The summed E-state index contributed by atoms with van der Waals surface area (Å²) >= 11 is 0. The molecule has 0 aromatic carbocycles. The van der Waals surface area contributed by atoms with Crippen molar-refractivity contribution >= 4 is 0 Å². The van der Waals surface area contributed by atoms with Gasteiger partial charge in [-0.1, -0.05) is 12.8 Å². The summed E-state index contributed by atoms with van der Waals surface area (Å²) in [5.41, 5.74) is 0. The first-order chi connectivity index (χ1) is 6.86. The van der Waals surface area contributed by atoms with Gasteiger partial charge in [0, 0.05) is 18.0 Å². The Hall–Kier alpha value is -0.0800. The second-order valence-electron chi connectivity index (χ2n) is 5.29. The van der Waals surface area contributed by atoms with E-state index >= 15 is 0 Å². The van der Waals surface area contributed by atoms with Crippen LogP contribution in [0, 0.1) is 5.92 Å². The Morgan fingerprint density at radius 3 is 2.86 bits per heavy atom. The molecule has 2 nitrogen and oxygen atoms in total. The fourth-order valence-corrected chi connectivity index (χ4v) is 3.75. The molecule has 0 spiro atoms. The van der Waals surface area contributed by atoms with Crippen molar-refractivity contribution in [1.29, 1.82) is 0 Å². The van der Waals surface area contributed by atoms with Gasteiger partial charge in [0.05, 0.1) is 12.8 Å². The number of nitrogens with zero attached hydrogens (tertiary/aromatic N) is 1. The molecule has 2 heterocycles. The van der Waals surface area contributed by atoms with Crippen molar-refractivity contribution < 1.29 is 4.74 Å². The van der Waals surface area contributed by atoms with Gasteiger partial charge in [0.25, 0.3) is 0 Å². The smallest absolute Gasteiger partial charge is 0.0998 e. The maximum Gasteiger partial charge on any atom is 0.0998 e. The summed E-state index contributed by atoms with van der Waals surface area (Å²) in [6, 6.07) is 1.62. The summed E-state index contributed by atoms with van der Waals surface area (Å²) in [5.74, 6) is 0.867. The second kappa shape index (κ2) is 3.49. The van der Waals surface area contributed by atoms with E-state index in [4.69, 9.17) is 4.74 Å². The van der Waals surface area contributed by atoms with Crippen LogP contribution >= 0.6 is 0 Å². The van der Waals surface area contributed by atoms with Crippen LogP contribution in [-0.4, -0.2) is 29.8 Å². The van der Waals surface area contributed by atoms with E-state index in [2.05, 4.69) is 11.8 Å². The highest BCUT2D eigenvalue weighted by Crippen LogP contribution is 2.41. The summed E-state index contributed by atoms with van der Waals surface area (Å²) in [5, 5.41) is 0. The van der Waals surface area contributed by atoms with Crippen LogP contribution < -0.4 is 0 Å². The van der Waals surface area contributed by atoms with Gasteiger partial charge in [0.15, 0.2) is 0 Å². The standard InChI is InChI=1S/C12H21NO/c1-9-4-2-6-11-10-5-3-7-12(10)14-8-13(9)11/h9-12H,2-8H2,1H3/t9-,10-,11-,12-/m0/s1. The molecule has 14 heavy (non-hydrogen) atoms. The molecule has 0 N–H and O–H groups in total. The number of rotatable bonds is 0. The lowest BCUT2D eigenvalue weighted by Gasteiger charge is -2.48. The van der Waals surface area contributed by atoms with Crippen molar-refractivity contribution in [2.45, 2.75) is 63.6 Å². The van der Waals surface area contributed by atoms with E-state index in [-0.39, 0.29) is 0 Å². The van der Waals surface area contributed by atoms with Gasteiger partial charge < -0.3 is 4.74 Å². The Labute approximate surface area is 86.6 Å². The molecule has 1 aliphatic carbocycles. The first kappa shape index (κ1) is 9.17. The molecule has 2 aliphatic heterocycles. The van der Waals surface area contributed by atoms with Crippen LogP contribution in [0.25, 0.3) is 0 Å². The molecule has 4 atom stereocenters. The lowest BCUT2D eigenvalue weighted by Crippen LogP contribution is -2.55. The highest BCUT2D eigenvalue weighted by Gasteiger charge is 2.43. The Morgan fingerprint density at radius 1 is 1.07 bits per heavy atom.